The van der Waals surface area contributed by atoms with E-state index in [1.54, 1.807) is 0 Å². The van der Waals surface area contributed by atoms with Crippen LogP contribution in [0.4, 0.5) is 0 Å². The number of aryl methyl sites for hydroxylation is 2. The summed E-state index contributed by atoms with van der Waals surface area (Å²) in [6.45, 7) is 0.351. The molecule has 0 heterocycles. The van der Waals surface area contributed by atoms with Crippen LogP contribution in [0.25, 0.3) is 0 Å². The minimum absolute atomic E-state index is 0.351. The second-order valence-corrected chi connectivity index (χ2v) is 6.84. The highest BCUT2D eigenvalue weighted by atomic mass is 16.3. The van der Waals surface area contributed by atoms with E-state index >= 15 is 0 Å². The summed E-state index contributed by atoms with van der Waals surface area (Å²) in [6, 6.07) is 18.1. The van der Waals surface area contributed by atoms with E-state index in [2.05, 4.69) is 23.5 Å². The summed E-state index contributed by atoms with van der Waals surface area (Å²) < 4.78 is 0. The first-order valence-corrected chi connectivity index (χ1v) is 8.97. The van der Waals surface area contributed by atoms with Crippen molar-refractivity contribution in [3.8, 4) is 0 Å². The Morgan fingerprint density at radius 1 is 1.16 bits per heavy atom. The van der Waals surface area contributed by atoms with E-state index in [1.165, 1.54) is 11.1 Å². The highest BCUT2D eigenvalue weighted by Crippen LogP contribution is 2.35. The minimum atomic E-state index is -0.872. The fourth-order valence-electron chi connectivity index (χ4n) is 3.73. The number of hydrogen-bond acceptors (Lipinski definition) is 3. The van der Waals surface area contributed by atoms with Gasteiger partial charge in [0.15, 0.2) is 0 Å². The maximum atomic E-state index is 12.3. The summed E-state index contributed by atoms with van der Waals surface area (Å²) in [5, 5.41) is 13.7. The van der Waals surface area contributed by atoms with Gasteiger partial charge in [-0.2, -0.15) is 0 Å². The van der Waals surface area contributed by atoms with Crippen molar-refractivity contribution in [3.63, 3.8) is 0 Å². The molecule has 1 aliphatic carbocycles. The number of carbonyl (C=O) groups excluding carboxylic acids is 1. The van der Waals surface area contributed by atoms with E-state index in [0.717, 1.165) is 24.8 Å². The van der Waals surface area contributed by atoms with Crippen molar-refractivity contribution in [3.05, 3.63) is 71.3 Å². The normalized spacial score (nSPS) is 20.7. The number of aliphatic hydroxyl groups excluding tert-OH is 1. The molecule has 0 fully saturated rings. The number of amides is 1. The van der Waals surface area contributed by atoms with Gasteiger partial charge in [0.1, 0.15) is 5.54 Å². The van der Waals surface area contributed by atoms with E-state index in [-0.39, 0.29) is 5.91 Å². The predicted molar refractivity (Wildman–Crippen MR) is 99.0 cm³/mol. The molecule has 2 aromatic rings. The highest BCUT2D eigenvalue weighted by Gasteiger charge is 2.41. The zero-order valence-electron chi connectivity index (χ0n) is 14.4. The van der Waals surface area contributed by atoms with Gasteiger partial charge in [-0.3, -0.25) is 10.1 Å². The quantitative estimate of drug-likeness (QED) is 0.725. The van der Waals surface area contributed by atoms with E-state index in [4.69, 9.17) is 5.73 Å². The molecule has 0 aliphatic heterocycles. The summed E-state index contributed by atoms with van der Waals surface area (Å²) in [5.74, 6) is -0.366. The summed E-state index contributed by atoms with van der Waals surface area (Å²) in [5.41, 5.74) is 8.24. The monoisotopic (exact) mass is 338 g/mol. The van der Waals surface area contributed by atoms with E-state index in [1.807, 2.05) is 36.4 Å². The van der Waals surface area contributed by atoms with Gasteiger partial charge in [-0.25, -0.2) is 0 Å². The second-order valence-electron chi connectivity index (χ2n) is 6.84. The van der Waals surface area contributed by atoms with Crippen molar-refractivity contribution in [1.82, 2.24) is 5.32 Å². The topological polar surface area (TPSA) is 75.4 Å². The zero-order valence-corrected chi connectivity index (χ0v) is 14.4. The second kappa shape index (κ2) is 7.81. The molecule has 0 saturated heterocycles. The molecule has 0 saturated carbocycles. The first-order chi connectivity index (χ1) is 12.1. The van der Waals surface area contributed by atoms with Crippen molar-refractivity contribution >= 4 is 5.91 Å². The van der Waals surface area contributed by atoms with Gasteiger partial charge in [0.2, 0.25) is 5.91 Å². The fourth-order valence-corrected chi connectivity index (χ4v) is 3.73. The summed E-state index contributed by atoms with van der Waals surface area (Å²) in [7, 11) is 0. The maximum absolute atomic E-state index is 12.3. The van der Waals surface area contributed by atoms with E-state index in [9.17, 15) is 9.90 Å². The van der Waals surface area contributed by atoms with Crippen LogP contribution in [-0.4, -0.2) is 23.7 Å². The first-order valence-electron chi connectivity index (χ1n) is 8.97. The van der Waals surface area contributed by atoms with Crippen LogP contribution in [0.15, 0.2) is 54.6 Å². The van der Waals surface area contributed by atoms with Crippen LogP contribution in [0.1, 0.15) is 36.0 Å². The number of hydrogen-bond donors (Lipinski definition) is 3. The summed E-state index contributed by atoms with van der Waals surface area (Å²) in [6.07, 6.45) is 3.48. The number of fused-ring (bicyclic) bond motifs is 1. The fraction of sp³-hybridized carbons (Fsp3) is 0.381. The van der Waals surface area contributed by atoms with Crippen LogP contribution >= 0.6 is 0 Å². The maximum Gasteiger partial charge on any atom is 0.242 e. The van der Waals surface area contributed by atoms with Gasteiger partial charge in [-0.1, -0.05) is 54.6 Å². The van der Waals surface area contributed by atoms with Crippen molar-refractivity contribution in [2.75, 3.05) is 6.54 Å². The number of nitrogens with one attached hydrogen (secondary N) is 1. The highest BCUT2D eigenvalue weighted by molar-refractivity contribution is 5.87. The zero-order chi connectivity index (χ0) is 17.7. The Morgan fingerprint density at radius 2 is 1.88 bits per heavy atom. The predicted octanol–water partition coefficient (Wildman–Crippen LogP) is 2.29. The van der Waals surface area contributed by atoms with Crippen molar-refractivity contribution in [1.29, 1.82) is 0 Å². The van der Waals surface area contributed by atoms with Crippen LogP contribution in [0.2, 0.25) is 0 Å². The standard InChI is InChI=1S/C21H26N2O2/c22-20(25)21(14-6-10-17-9-4-5-11-19(17)21)23-15-18(24)13-12-16-7-2-1-3-8-16/h1-5,7-9,11,18,23-24H,6,10,12-15H2,(H2,22,25)/t18-,21+/m1/s1. The minimum Gasteiger partial charge on any atom is -0.392 e. The van der Waals surface area contributed by atoms with Crippen LogP contribution in [0, 0.1) is 0 Å². The summed E-state index contributed by atoms with van der Waals surface area (Å²) >= 11 is 0. The number of benzene rings is 2. The molecule has 4 nitrogen and oxygen atoms in total. The third-order valence-corrected chi connectivity index (χ3v) is 5.14. The molecular formula is C21H26N2O2. The number of aliphatic hydroxyl groups is 1. The molecule has 132 valence electrons. The molecule has 4 heteroatoms. The summed E-state index contributed by atoms with van der Waals surface area (Å²) in [4.78, 5) is 12.3. The lowest BCUT2D eigenvalue weighted by molar-refractivity contribution is -0.125. The largest absolute Gasteiger partial charge is 0.392 e. The van der Waals surface area contributed by atoms with Crippen LogP contribution < -0.4 is 11.1 Å². The van der Waals surface area contributed by atoms with Crippen LogP contribution in [0.5, 0.6) is 0 Å². The SMILES string of the molecule is NC(=O)[C@]1(NC[C@H](O)CCc2ccccc2)CCCc2ccccc21. The lowest BCUT2D eigenvalue weighted by Crippen LogP contribution is -2.56. The van der Waals surface area contributed by atoms with Gasteiger partial charge < -0.3 is 10.8 Å². The van der Waals surface area contributed by atoms with E-state index in [0.29, 0.717) is 19.4 Å². The smallest absolute Gasteiger partial charge is 0.242 e. The Kier molecular flexibility index (Phi) is 5.51. The van der Waals surface area contributed by atoms with Crippen molar-refractivity contribution in [2.24, 2.45) is 5.73 Å². The van der Waals surface area contributed by atoms with Crippen molar-refractivity contribution in [2.45, 2.75) is 43.7 Å². The molecular weight excluding hydrogens is 312 g/mol. The number of carbonyl (C=O) groups is 1. The molecule has 2 aromatic carbocycles. The molecule has 1 amide bonds. The Balaban J connectivity index is 1.66. The van der Waals surface area contributed by atoms with Gasteiger partial charge >= 0.3 is 0 Å². The van der Waals surface area contributed by atoms with Gasteiger partial charge in [0.25, 0.3) is 0 Å². The van der Waals surface area contributed by atoms with Gasteiger partial charge in [0.05, 0.1) is 6.10 Å². The molecule has 4 N–H and O–H groups in total. The van der Waals surface area contributed by atoms with Crippen LogP contribution in [0.3, 0.4) is 0 Å². The third kappa shape index (κ3) is 3.91. The van der Waals surface area contributed by atoms with Crippen molar-refractivity contribution < 1.29 is 9.90 Å². The molecule has 1 aliphatic rings. The Hall–Kier alpha value is -2.17. The van der Waals surface area contributed by atoms with Gasteiger partial charge in [-0.05, 0) is 48.8 Å². The first kappa shape index (κ1) is 17.6. The number of primary amides is 1. The molecule has 2 atom stereocenters. The number of rotatable bonds is 7. The Bertz CT molecular complexity index is 717. The molecule has 25 heavy (non-hydrogen) atoms. The van der Waals surface area contributed by atoms with E-state index < -0.39 is 11.6 Å². The Labute approximate surface area is 149 Å². The van der Waals surface area contributed by atoms with Crippen LogP contribution in [-0.2, 0) is 23.2 Å². The average molecular weight is 338 g/mol. The molecule has 0 radical (unpaired) electrons. The Morgan fingerprint density at radius 3 is 2.64 bits per heavy atom. The number of nitrogens with two attached hydrogens (primary N) is 1. The molecule has 0 unspecified atom stereocenters. The molecule has 0 bridgehead atoms. The van der Waals surface area contributed by atoms with Gasteiger partial charge in [-0.15, -0.1) is 0 Å². The molecule has 3 rings (SSSR count). The average Bonchev–Trinajstić information content (AvgIpc) is 2.65. The third-order valence-electron chi connectivity index (χ3n) is 5.14. The molecule has 0 spiro atoms. The lowest BCUT2D eigenvalue weighted by atomic mass is 9.76. The van der Waals surface area contributed by atoms with Gasteiger partial charge in [0, 0.05) is 6.54 Å². The lowest BCUT2D eigenvalue weighted by Gasteiger charge is -2.38. The molecule has 0 aromatic heterocycles.